The molecule has 1 atom stereocenters. The van der Waals surface area contributed by atoms with Gasteiger partial charge in [0, 0.05) is 33.1 Å². The van der Waals surface area contributed by atoms with Gasteiger partial charge < -0.3 is 15.5 Å². The second-order valence-electron chi connectivity index (χ2n) is 8.05. The summed E-state index contributed by atoms with van der Waals surface area (Å²) in [6.45, 7) is 5.99. The Hall–Kier alpha value is -2.90. The smallest absolute Gasteiger partial charge is 0.238 e. The van der Waals surface area contributed by atoms with Crippen LogP contribution in [-0.4, -0.2) is 60.2 Å². The highest BCUT2D eigenvalue weighted by Crippen LogP contribution is 2.21. The van der Waals surface area contributed by atoms with Gasteiger partial charge in [-0.1, -0.05) is 53.6 Å². The minimum atomic E-state index is -0.361. The lowest BCUT2D eigenvalue weighted by Crippen LogP contribution is -2.51. The first kappa shape index (κ1) is 23.8. The fraction of sp³-hybridized carbons (Fsp3) is 0.375. The second-order valence-corrected chi connectivity index (χ2v) is 8.46. The number of hydrogen-bond acceptors (Lipinski definition) is 4. The number of amides is 3. The number of para-hydroxylation sites is 1. The Balaban J connectivity index is 1.50. The second kappa shape index (κ2) is 11.1. The zero-order valence-electron chi connectivity index (χ0n) is 18.4. The van der Waals surface area contributed by atoms with E-state index in [9.17, 15) is 14.4 Å². The molecule has 1 aliphatic heterocycles. The summed E-state index contributed by atoms with van der Waals surface area (Å²) in [5, 5.41) is 6.21. The molecule has 3 rings (SSSR count). The summed E-state index contributed by atoms with van der Waals surface area (Å²) in [6.07, 6.45) is 0.204. The average Bonchev–Trinajstić information content (AvgIpc) is 2.75. The maximum atomic E-state index is 12.9. The topological polar surface area (TPSA) is 81.8 Å². The van der Waals surface area contributed by atoms with E-state index in [2.05, 4.69) is 10.6 Å². The van der Waals surface area contributed by atoms with Gasteiger partial charge in [-0.05, 0) is 24.6 Å². The highest BCUT2D eigenvalue weighted by atomic mass is 35.5. The number of nitrogens with zero attached hydrogens (tertiary/aromatic N) is 2. The van der Waals surface area contributed by atoms with E-state index in [1.54, 1.807) is 17.0 Å². The van der Waals surface area contributed by atoms with E-state index >= 15 is 0 Å². The Morgan fingerprint density at radius 3 is 2.28 bits per heavy atom. The van der Waals surface area contributed by atoms with Crippen molar-refractivity contribution in [3.05, 3.63) is 64.7 Å². The standard InChI is InChI=1S/C24H29ClN4O3/c1-17-7-9-19(10-8-17)22(26-18(2)30)15-24(32)29-13-11-28(12-14-29)16-23(31)27-21-6-4-3-5-20(21)25/h3-10,22H,11-16H2,1-2H3,(H,26,30)(H,27,31)/t22-/m1/s1. The lowest BCUT2D eigenvalue weighted by atomic mass is 10.0. The minimum Gasteiger partial charge on any atom is -0.349 e. The molecule has 1 saturated heterocycles. The maximum Gasteiger partial charge on any atom is 0.238 e. The van der Waals surface area contributed by atoms with E-state index < -0.39 is 0 Å². The molecular formula is C24H29ClN4O3. The number of hydrogen-bond donors (Lipinski definition) is 2. The number of nitrogens with one attached hydrogen (secondary N) is 2. The van der Waals surface area contributed by atoms with Crippen molar-refractivity contribution >= 4 is 35.0 Å². The van der Waals surface area contributed by atoms with Gasteiger partial charge in [-0.15, -0.1) is 0 Å². The number of carbonyl (C=O) groups excluding carboxylic acids is 3. The molecule has 1 heterocycles. The van der Waals surface area contributed by atoms with Crippen LogP contribution in [0.5, 0.6) is 0 Å². The molecule has 2 N–H and O–H groups in total. The van der Waals surface area contributed by atoms with Crippen molar-refractivity contribution in [2.24, 2.45) is 0 Å². The van der Waals surface area contributed by atoms with Crippen molar-refractivity contribution in [3.8, 4) is 0 Å². The summed E-state index contributed by atoms with van der Waals surface area (Å²) >= 11 is 6.09. The Labute approximate surface area is 193 Å². The van der Waals surface area contributed by atoms with Gasteiger partial charge in [-0.25, -0.2) is 0 Å². The Bertz CT molecular complexity index is 956. The molecule has 0 bridgehead atoms. The van der Waals surface area contributed by atoms with Crippen LogP contribution in [0.1, 0.15) is 30.5 Å². The van der Waals surface area contributed by atoms with Crippen LogP contribution in [0, 0.1) is 6.92 Å². The van der Waals surface area contributed by atoms with Crippen molar-refractivity contribution in [1.82, 2.24) is 15.1 Å². The van der Waals surface area contributed by atoms with Crippen molar-refractivity contribution in [3.63, 3.8) is 0 Å². The quantitative estimate of drug-likeness (QED) is 0.671. The Morgan fingerprint density at radius 1 is 1.00 bits per heavy atom. The molecule has 8 heteroatoms. The highest BCUT2D eigenvalue weighted by Gasteiger charge is 2.25. The summed E-state index contributed by atoms with van der Waals surface area (Å²) in [6, 6.07) is 14.6. The molecule has 3 amide bonds. The van der Waals surface area contributed by atoms with Crippen LogP contribution in [-0.2, 0) is 14.4 Å². The molecule has 1 fully saturated rings. The van der Waals surface area contributed by atoms with Crippen molar-refractivity contribution < 1.29 is 14.4 Å². The summed E-state index contributed by atoms with van der Waals surface area (Å²) < 4.78 is 0. The summed E-state index contributed by atoms with van der Waals surface area (Å²) in [7, 11) is 0. The van der Waals surface area contributed by atoms with E-state index in [0.29, 0.717) is 36.9 Å². The first-order valence-corrected chi connectivity index (χ1v) is 11.1. The third-order valence-corrected chi connectivity index (χ3v) is 5.81. The average molecular weight is 457 g/mol. The van der Waals surface area contributed by atoms with Gasteiger partial charge in [-0.2, -0.15) is 0 Å². The lowest BCUT2D eigenvalue weighted by Gasteiger charge is -2.35. The van der Waals surface area contributed by atoms with Crippen LogP contribution >= 0.6 is 11.6 Å². The Kier molecular flexibility index (Phi) is 8.25. The molecular weight excluding hydrogens is 428 g/mol. The van der Waals surface area contributed by atoms with Gasteiger partial charge in [-0.3, -0.25) is 19.3 Å². The molecule has 0 unspecified atom stereocenters. The van der Waals surface area contributed by atoms with E-state index in [4.69, 9.17) is 11.6 Å². The zero-order chi connectivity index (χ0) is 23.1. The Morgan fingerprint density at radius 2 is 1.66 bits per heavy atom. The predicted molar refractivity (Wildman–Crippen MR) is 125 cm³/mol. The van der Waals surface area contributed by atoms with Gasteiger partial charge in [0.05, 0.1) is 29.7 Å². The molecule has 2 aromatic carbocycles. The summed E-state index contributed by atoms with van der Waals surface area (Å²) in [4.78, 5) is 40.7. The summed E-state index contributed by atoms with van der Waals surface area (Å²) in [5.74, 6) is -0.315. The monoisotopic (exact) mass is 456 g/mol. The first-order chi connectivity index (χ1) is 15.3. The molecule has 0 saturated carbocycles. The van der Waals surface area contributed by atoms with Crippen LogP contribution in [0.3, 0.4) is 0 Å². The normalized spacial score (nSPS) is 15.2. The first-order valence-electron chi connectivity index (χ1n) is 10.7. The molecule has 0 spiro atoms. The van der Waals surface area contributed by atoms with Gasteiger partial charge in [0.25, 0.3) is 0 Å². The number of aryl methyl sites for hydroxylation is 1. The van der Waals surface area contributed by atoms with E-state index in [0.717, 1.165) is 11.1 Å². The van der Waals surface area contributed by atoms with E-state index in [1.807, 2.05) is 48.2 Å². The zero-order valence-corrected chi connectivity index (χ0v) is 19.2. The van der Waals surface area contributed by atoms with Gasteiger partial charge >= 0.3 is 0 Å². The third-order valence-electron chi connectivity index (χ3n) is 5.48. The van der Waals surface area contributed by atoms with Crippen molar-refractivity contribution in [1.29, 1.82) is 0 Å². The van der Waals surface area contributed by atoms with Gasteiger partial charge in [0.15, 0.2) is 0 Å². The third kappa shape index (κ3) is 6.80. The predicted octanol–water partition coefficient (Wildman–Crippen LogP) is 3.00. The van der Waals surface area contributed by atoms with Crippen LogP contribution in [0.4, 0.5) is 5.69 Å². The number of rotatable bonds is 7. The minimum absolute atomic E-state index is 0.00973. The lowest BCUT2D eigenvalue weighted by molar-refractivity contribution is -0.133. The molecule has 7 nitrogen and oxygen atoms in total. The molecule has 0 aliphatic carbocycles. The highest BCUT2D eigenvalue weighted by molar-refractivity contribution is 6.33. The molecule has 0 radical (unpaired) electrons. The number of halogens is 1. The fourth-order valence-corrected chi connectivity index (χ4v) is 3.89. The molecule has 1 aliphatic rings. The van der Waals surface area contributed by atoms with Crippen LogP contribution in [0.25, 0.3) is 0 Å². The van der Waals surface area contributed by atoms with Crippen LogP contribution < -0.4 is 10.6 Å². The van der Waals surface area contributed by atoms with E-state index in [-0.39, 0.29) is 36.7 Å². The molecule has 0 aromatic heterocycles. The maximum absolute atomic E-state index is 12.9. The molecule has 2 aromatic rings. The number of anilines is 1. The van der Waals surface area contributed by atoms with E-state index in [1.165, 1.54) is 6.92 Å². The van der Waals surface area contributed by atoms with Crippen LogP contribution in [0.15, 0.2) is 48.5 Å². The van der Waals surface area contributed by atoms with Crippen molar-refractivity contribution in [2.75, 3.05) is 38.0 Å². The molecule has 170 valence electrons. The molecule has 32 heavy (non-hydrogen) atoms. The SMILES string of the molecule is CC(=O)N[C@H](CC(=O)N1CCN(CC(=O)Nc2ccccc2Cl)CC1)c1ccc(C)cc1. The fourth-order valence-electron chi connectivity index (χ4n) is 3.71. The van der Waals surface area contributed by atoms with Gasteiger partial charge in [0.1, 0.15) is 0 Å². The van der Waals surface area contributed by atoms with Gasteiger partial charge in [0.2, 0.25) is 17.7 Å². The number of carbonyl (C=O) groups is 3. The number of piperazine rings is 1. The largest absolute Gasteiger partial charge is 0.349 e. The van der Waals surface area contributed by atoms with Crippen LogP contribution in [0.2, 0.25) is 5.02 Å². The summed E-state index contributed by atoms with van der Waals surface area (Å²) in [5.41, 5.74) is 2.62. The van der Waals surface area contributed by atoms with Crippen molar-refractivity contribution in [2.45, 2.75) is 26.3 Å². The number of benzene rings is 2.